The highest BCUT2D eigenvalue weighted by Gasteiger charge is 2.39. The molecule has 0 saturated heterocycles. The minimum atomic E-state index is -2.19. The number of ether oxygens (including phenoxy) is 2. The number of carbonyl (C=O) groups excluding carboxylic acids is 3. The van der Waals surface area contributed by atoms with Gasteiger partial charge in [-0.2, -0.15) is 0 Å². The van der Waals surface area contributed by atoms with Gasteiger partial charge in [-0.15, -0.1) is 0 Å². The van der Waals surface area contributed by atoms with E-state index in [-0.39, 0.29) is 16.5 Å². The highest BCUT2D eigenvalue weighted by Crippen LogP contribution is 2.36. The van der Waals surface area contributed by atoms with Crippen LogP contribution in [-0.2, 0) is 18.8 Å². The van der Waals surface area contributed by atoms with Crippen LogP contribution in [-0.4, -0.2) is 26.2 Å². The number of benzene rings is 1. The summed E-state index contributed by atoms with van der Waals surface area (Å²) in [7, 11) is -2.19. The van der Waals surface area contributed by atoms with Gasteiger partial charge in [-0.25, -0.2) is 4.79 Å². The van der Waals surface area contributed by atoms with E-state index < -0.39 is 26.2 Å². The Bertz CT molecular complexity index is 728. The maximum atomic E-state index is 12.1. The molecule has 0 spiro atoms. The molecule has 0 radical (unpaired) electrons. The Morgan fingerprint density at radius 1 is 0.962 bits per heavy atom. The molecule has 7 heteroatoms. The molecule has 6 nitrogen and oxygen atoms in total. The molecule has 0 bridgehead atoms. The van der Waals surface area contributed by atoms with Gasteiger partial charge in [0, 0.05) is 19.9 Å². The Hall–Kier alpha value is -2.41. The Morgan fingerprint density at radius 2 is 1.50 bits per heavy atom. The molecule has 142 valence electrons. The molecule has 0 aliphatic heterocycles. The zero-order valence-electron chi connectivity index (χ0n) is 16.3. The van der Waals surface area contributed by atoms with Crippen molar-refractivity contribution in [2.45, 2.75) is 52.8 Å². The first-order valence-corrected chi connectivity index (χ1v) is 11.1. The first-order chi connectivity index (χ1) is 11.8. The van der Waals surface area contributed by atoms with Gasteiger partial charge >= 0.3 is 17.9 Å². The molecule has 1 rings (SSSR count). The van der Waals surface area contributed by atoms with Crippen molar-refractivity contribution in [3.8, 4) is 11.5 Å². The predicted octanol–water partition coefficient (Wildman–Crippen LogP) is 4.10. The van der Waals surface area contributed by atoms with Crippen molar-refractivity contribution in [3.05, 3.63) is 29.8 Å². The van der Waals surface area contributed by atoms with E-state index in [1.54, 1.807) is 12.1 Å². The van der Waals surface area contributed by atoms with E-state index in [1.165, 1.54) is 32.1 Å². The normalized spacial score (nSPS) is 12.0. The highest BCUT2D eigenvalue weighted by molar-refractivity contribution is 6.75. The average molecular weight is 378 g/mol. The molecular weight excluding hydrogens is 352 g/mol. The summed E-state index contributed by atoms with van der Waals surface area (Å²) in [5.74, 6) is -1.26. The van der Waals surface area contributed by atoms with E-state index >= 15 is 0 Å². The van der Waals surface area contributed by atoms with Crippen molar-refractivity contribution in [1.29, 1.82) is 0 Å². The van der Waals surface area contributed by atoms with Crippen molar-refractivity contribution in [1.82, 2.24) is 0 Å². The molecule has 0 aromatic heterocycles. The number of esters is 2. The lowest BCUT2D eigenvalue weighted by Gasteiger charge is -2.34. The van der Waals surface area contributed by atoms with E-state index in [0.29, 0.717) is 5.56 Å². The van der Waals surface area contributed by atoms with Gasteiger partial charge in [0.2, 0.25) is 0 Å². The molecule has 1 aromatic carbocycles. The van der Waals surface area contributed by atoms with Gasteiger partial charge in [-0.05, 0) is 41.9 Å². The van der Waals surface area contributed by atoms with E-state index in [4.69, 9.17) is 13.9 Å². The summed E-state index contributed by atoms with van der Waals surface area (Å²) in [6.45, 7) is 12.6. The van der Waals surface area contributed by atoms with Crippen molar-refractivity contribution in [2.24, 2.45) is 0 Å². The molecule has 1 aromatic rings. The monoisotopic (exact) mass is 378 g/mol. The molecule has 0 amide bonds. The Kier molecular flexibility index (Phi) is 6.91. The van der Waals surface area contributed by atoms with Crippen LogP contribution < -0.4 is 9.47 Å². The Morgan fingerprint density at radius 3 is 2.00 bits per heavy atom. The van der Waals surface area contributed by atoms with Crippen LogP contribution in [0.5, 0.6) is 11.5 Å². The maximum Gasteiger partial charge on any atom is 0.317 e. The quantitative estimate of drug-likeness (QED) is 0.332. The second-order valence-electron chi connectivity index (χ2n) is 7.41. The van der Waals surface area contributed by atoms with Crippen LogP contribution in [0.3, 0.4) is 0 Å². The molecule has 0 heterocycles. The van der Waals surface area contributed by atoms with Crippen LogP contribution in [0.4, 0.5) is 0 Å². The van der Waals surface area contributed by atoms with E-state index in [2.05, 4.69) is 20.8 Å². The molecule has 0 fully saturated rings. The topological polar surface area (TPSA) is 78.9 Å². The largest absolute Gasteiger partial charge is 0.516 e. The summed E-state index contributed by atoms with van der Waals surface area (Å²) < 4.78 is 15.7. The van der Waals surface area contributed by atoms with Crippen LogP contribution >= 0.6 is 0 Å². The molecular formula is C19H26O6Si. The van der Waals surface area contributed by atoms with Gasteiger partial charge in [-0.3, -0.25) is 9.59 Å². The summed E-state index contributed by atoms with van der Waals surface area (Å²) in [5, 5.41) is -0.0787. The fourth-order valence-electron chi connectivity index (χ4n) is 1.70. The minimum Gasteiger partial charge on any atom is -0.516 e. The zero-order valence-corrected chi connectivity index (χ0v) is 17.3. The van der Waals surface area contributed by atoms with E-state index in [1.807, 2.05) is 13.1 Å². The third-order valence-electron chi connectivity index (χ3n) is 4.05. The van der Waals surface area contributed by atoms with Gasteiger partial charge < -0.3 is 13.9 Å². The Balaban J connectivity index is 2.98. The third kappa shape index (κ3) is 6.48. The molecule has 0 unspecified atom stereocenters. The molecule has 0 aliphatic carbocycles. The second kappa shape index (κ2) is 8.31. The van der Waals surface area contributed by atoms with E-state index in [9.17, 15) is 14.4 Å². The number of carbonyl (C=O) groups is 3. The molecule has 0 atom stereocenters. The number of hydrogen-bond acceptors (Lipinski definition) is 6. The maximum absolute atomic E-state index is 12.1. The standard InChI is InChI=1S/C19H26O6Si/c1-13(20)23-16-10-8-15(12-17(16)24-14(2)21)9-11-18(22)25-26(6,7)19(3,4)5/h8-12H,1-7H3/b11-9+. The molecule has 0 aliphatic rings. The van der Waals surface area contributed by atoms with Crippen molar-refractivity contribution >= 4 is 32.3 Å². The Labute approximate surface area is 155 Å². The summed E-state index contributed by atoms with van der Waals surface area (Å²) >= 11 is 0. The average Bonchev–Trinajstić information content (AvgIpc) is 2.44. The summed E-state index contributed by atoms with van der Waals surface area (Å²) in [6, 6.07) is 4.65. The number of rotatable bonds is 5. The summed E-state index contributed by atoms with van der Waals surface area (Å²) in [6.07, 6.45) is 2.89. The molecule has 0 N–H and O–H groups in total. The lowest BCUT2D eigenvalue weighted by atomic mass is 10.2. The minimum absolute atomic E-state index is 0.0787. The fourth-order valence-corrected chi connectivity index (χ4v) is 2.58. The third-order valence-corrected chi connectivity index (χ3v) is 8.37. The SMILES string of the molecule is CC(=O)Oc1ccc(/C=C/C(=O)O[Si](C)(C)C(C)(C)C)cc1OC(C)=O. The summed E-state index contributed by atoms with van der Waals surface area (Å²) in [4.78, 5) is 34.5. The first-order valence-electron chi connectivity index (χ1n) is 8.24. The van der Waals surface area contributed by atoms with Gasteiger partial charge in [0.15, 0.2) is 11.5 Å². The number of hydrogen-bond donors (Lipinski definition) is 0. The highest BCUT2D eigenvalue weighted by atomic mass is 28.4. The molecule has 26 heavy (non-hydrogen) atoms. The summed E-state index contributed by atoms with van der Waals surface area (Å²) in [5.41, 5.74) is 0.601. The smallest absolute Gasteiger partial charge is 0.317 e. The van der Waals surface area contributed by atoms with Crippen molar-refractivity contribution in [3.63, 3.8) is 0 Å². The predicted molar refractivity (Wildman–Crippen MR) is 101 cm³/mol. The van der Waals surface area contributed by atoms with Crippen LogP contribution in [0.2, 0.25) is 18.1 Å². The van der Waals surface area contributed by atoms with Crippen LogP contribution in [0.15, 0.2) is 24.3 Å². The van der Waals surface area contributed by atoms with Crippen molar-refractivity contribution in [2.75, 3.05) is 0 Å². The van der Waals surface area contributed by atoms with E-state index in [0.717, 1.165) is 0 Å². The lowest BCUT2D eigenvalue weighted by Crippen LogP contribution is -2.42. The first kappa shape index (κ1) is 21.6. The van der Waals surface area contributed by atoms with Crippen molar-refractivity contribution < 1.29 is 28.3 Å². The second-order valence-corrected chi connectivity index (χ2v) is 12.1. The van der Waals surface area contributed by atoms with Gasteiger partial charge in [0.1, 0.15) is 0 Å². The van der Waals surface area contributed by atoms with Gasteiger partial charge in [-0.1, -0.05) is 26.8 Å². The van der Waals surface area contributed by atoms with Crippen LogP contribution in [0, 0.1) is 0 Å². The lowest BCUT2D eigenvalue weighted by molar-refractivity contribution is -0.134. The zero-order chi connectivity index (χ0) is 20.1. The van der Waals surface area contributed by atoms with Crippen LogP contribution in [0.25, 0.3) is 6.08 Å². The van der Waals surface area contributed by atoms with Gasteiger partial charge in [0.25, 0.3) is 8.32 Å². The molecule has 0 saturated carbocycles. The van der Waals surface area contributed by atoms with Gasteiger partial charge in [0.05, 0.1) is 0 Å². The fraction of sp³-hybridized carbons (Fsp3) is 0.421. The van der Waals surface area contributed by atoms with Crippen LogP contribution in [0.1, 0.15) is 40.2 Å².